The Kier molecular flexibility index (Phi) is 5.75. The lowest BCUT2D eigenvalue weighted by Crippen LogP contribution is -2.47. The van der Waals surface area contributed by atoms with E-state index in [-0.39, 0.29) is 23.5 Å². The number of rotatable bonds is 4. The Morgan fingerprint density at radius 3 is 2.65 bits per heavy atom. The quantitative estimate of drug-likeness (QED) is 0.645. The summed E-state index contributed by atoms with van der Waals surface area (Å²) in [5.41, 5.74) is -2.29. The molecule has 2 aliphatic heterocycles. The summed E-state index contributed by atoms with van der Waals surface area (Å²) in [6.45, 7) is 2.09. The maximum atomic E-state index is 14.4. The molecule has 0 saturated carbocycles. The first-order chi connectivity index (χ1) is 15.9. The Hall–Kier alpha value is -3.28. The van der Waals surface area contributed by atoms with E-state index in [1.165, 1.54) is 19.2 Å². The van der Waals surface area contributed by atoms with Gasteiger partial charge < -0.3 is 20.1 Å². The highest BCUT2D eigenvalue weighted by Crippen LogP contribution is 2.55. The smallest absolute Gasteiger partial charge is 0.417 e. The van der Waals surface area contributed by atoms with Crippen LogP contribution in [0.4, 0.5) is 27.6 Å². The van der Waals surface area contributed by atoms with Crippen molar-refractivity contribution >= 4 is 17.5 Å². The zero-order valence-corrected chi connectivity index (χ0v) is 18.2. The molecule has 2 amide bonds. The van der Waals surface area contributed by atoms with E-state index in [4.69, 9.17) is 9.47 Å². The maximum Gasteiger partial charge on any atom is 0.417 e. The lowest BCUT2D eigenvalue weighted by Gasteiger charge is -2.32. The Morgan fingerprint density at radius 2 is 2.00 bits per heavy atom. The number of halogens is 5. The number of anilines is 1. The first-order valence-corrected chi connectivity index (χ1v) is 10.2. The molecule has 1 aromatic heterocycles. The summed E-state index contributed by atoms with van der Waals surface area (Å²) in [5, 5.41) is 5.05. The Bertz CT molecular complexity index is 1170. The topological polar surface area (TPSA) is 89.5 Å². The van der Waals surface area contributed by atoms with Crippen molar-refractivity contribution in [3.8, 4) is 5.75 Å². The summed E-state index contributed by atoms with van der Waals surface area (Å²) in [6, 6.07) is 3.23. The van der Waals surface area contributed by atoms with Gasteiger partial charge in [-0.2, -0.15) is 17.6 Å². The third-order valence-electron chi connectivity index (χ3n) is 6.52. The molecule has 4 rings (SSSR count). The lowest BCUT2D eigenvalue weighted by atomic mass is 9.77. The van der Waals surface area contributed by atoms with Crippen molar-refractivity contribution in [2.24, 2.45) is 5.92 Å². The van der Waals surface area contributed by atoms with E-state index >= 15 is 0 Å². The molecular weight excluding hydrogens is 465 g/mol. The van der Waals surface area contributed by atoms with Gasteiger partial charge in [-0.3, -0.25) is 14.6 Å². The number of ether oxygens (including phenoxy) is 2. The molecule has 1 fully saturated rings. The largest absolute Gasteiger partial charge is 0.493 e. The highest BCUT2D eigenvalue weighted by Gasteiger charge is 2.66. The monoisotopic (exact) mass is 485 g/mol. The number of carbonyl (C=O) groups excluding carboxylic acids is 2. The van der Waals surface area contributed by atoms with Crippen LogP contribution in [0.2, 0.25) is 0 Å². The fourth-order valence-corrected chi connectivity index (χ4v) is 4.48. The fraction of sp³-hybridized carbons (Fsp3) is 0.409. The summed E-state index contributed by atoms with van der Waals surface area (Å²) in [4.78, 5) is 29.0. The van der Waals surface area contributed by atoms with Crippen molar-refractivity contribution in [3.63, 3.8) is 0 Å². The van der Waals surface area contributed by atoms with E-state index in [9.17, 15) is 31.5 Å². The van der Waals surface area contributed by atoms with Crippen LogP contribution in [0.15, 0.2) is 24.4 Å². The van der Waals surface area contributed by atoms with Crippen LogP contribution < -0.4 is 15.4 Å². The van der Waals surface area contributed by atoms with Crippen LogP contribution in [0.5, 0.6) is 5.75 Å². The minimum absolute atomic E-state index is 0.0697. The molecule has 1 saturated heterocycles. The molecule has 2 N–H and O–H groups in total. The number of aromatic nitrogens is 1. The molecular formula is C22H20F5N3O4. The van der Waals surface area contributed by atoms with E-state index < -0.39 is 58.9 Å². The maximum absolute atomic E-state index is 14.4. The summed E-state index contributed by atoms with van der Waals surface area (Å²) in [7, 11) is 1.05. The normalized spacial score (nSPS) is 26.2. The molecule has 182 valence electrons. The number of nitrogens with one attached hydrogen (secondary N) is 2. The predicted molar refractivity (Wildman–Crippen MR) is 108 cm³/mol. The molecule has 12 heteroatoms. The number of methoxy groups -OCH3 is 1. The van der Waals surface area contributed by atoms with E-state index in [1.807, 2.05) is 0 Å². The van der Waals surface area contributed by atoms with Gasteiger partial charge in [-0.05, 0) is 19.1 Å². The molecule has 34 heavy (non-hydrogen) atoms. The number of pyridine rings is 1. The second kappa shape index (κ2) is 8.19. The molecule has 0 radical (unpaired) electrons. The average Bonchev–Trinajstić information content (AvgIpc) is 3.29. The van der Waals surface area contributed by atoms with Gasteiger partial charge in [0.25, 0.3) is 11.8 Å². The zero-order valence-electron chi connectivity index (χ0n) is 18.2. The summed E-state index contributed by atoms with van der Waals surface area (Å²) in [6.07, 6.45) is -5.35. The number of amides is 2. The van der Waals surface area contributed by atoms with Crippen LogP contribution >= 0.6 is 0 Å². The van der Waals surface area contributed by atoms with Crippen LogP contribution in [-0.4, -0.2) is 41.8 Å². The van der Waals surface area contributed by atoms with Crippen molar-refractivity contribution in [1.29, 1.82) is 0 Å². The highest BCUT2D eigenvalue weighted by molar-refractivity contribution is 6.01. The second-order valence-electron chi connectivity index (χ2n) is 8.30. The SMILES string of the molecule is COc1c([C@H]2[C@H](C(=O)Nc3ccnc4c3CNC4=O)O[C@@](C)(C(F)(F)F)[C@H]2C)ccc(F)c1F. The molecule has 7 nitrogen and oxygen atoms in total. The van der Waals surface area contributed by atoms with Crippen LogP contribution in [0, 0.1) is 17.6 Å². The van der Waals surface area contributed by atoms with E-state index in [0.29, 0.717) is 5.56 Å². The van der Waals surface area contributed by atoms with Crippen LogP contribution in [0.1, 0.15) is 41.4 Å². The molecule has 0 unspecified atom stereocenters. The average molecular weight is 485 g/mol. The standard InChI is InChI=1S/C22H20F5N3O4/c1-9-14(10-4-5-12(23)15(24)17(10)33-3)18(34-21(9,2)22(25,26)27)20(32)30-13-6-7-28-16-11(13)8-29-19(16)31/h4-7,9,14,18H,8H2,1-3H3,(H,29,31)(H,28,30,32)/t9-,14-,18+,21+/m0/s1. The third kappa shape index (κ3) is 3.56. The highest BCUT2D eigenvalue weighted by atomic mass is 19.4. The summed E-state index contributed by atoms with van der Waals surface area (Å²) in [5.74, 6) is -7.38. The van der Waals surface area contributed by atoms with Crippen molar-refractivity contribution in [2.45, 2.75) is 44.2 Å². The van der Waals surface area contributed by atoms with E-state index in [0.717, 1.165) is 26.2 Å². The van der Waals surface area contributed by atoms with Crippen molar-refractivity contribution in [1.82, 2.24) is 10.3 Å². The fourth-order valence-electron chi connectivity index (χ4n) is 4.48. The minimum atomic E-state index is -4.88. The molecule has 1 aromatic carbocycles. The Labute approximate surface area is 190 Å². The first-order valence-electron chi connectivity index (χ1n) is 10.2. The molecule has 0 bridgehead atoms. The Morgan fingerprint density at radius 1 is 1.29 bits per heavy atom. The minimum Gasteiger partial charge on any atom is -0.493 e. The van der Waals surface area contributed by atoms with E-state index in [1.54, 1.807) is 0 Å². The first kappa shape index (κ1) is 23.9. The lowest BCUT2D eigenvalue weighted by molar-refractivity contribution is -0.272. The van der Waals surface area contributed by atoms with Gasteiger partial charge in [0.2, 0.25) is 5.82 Å². The number of hydrogen-bond donors (Lipinski definition) is 2. The summed E-state index contributed by atoms with van der Waals surface area (Å²) >= 11 is 0. The van der Waals surface area contributed by atoms with Gasteiger partial charge >= 0.3 is 6.18 Å². The van der Waals surface area contributed by atoms with Gasteiger partial charge in [-0.25, -0.2) is 4.39 Å². The molecule has 4 atom stereocenters. The van der Waals surface area contributed by atoms with Crippen LogP contribution in [0.3, 0.4) is 0 Å². The number of alkyl halides is 3. The van der Waals surface area contributed by atoms with Crippen molar-refractivity contribution in [2.75, 3.05) is 12.4 Å². The van der Waals surface area contributed by atoms with Gasteiger partial charge in [0, 0.05) is 41.4 Å². The second-order valence-corrected chi connectivity index (χ2v) is 8.30. The summed E-state index contributed by atoms with van der Waals surface area (Å²) < 4.78 is 80.6. The number of benzene rings is 1. The van der Waals surface area contributed by atoms with Gasteiger partial charge in [-0.1, -0.05) is 13.0 Å². The molecule has 2 aromatic rings. The van der Waals surface area contributed by atoms with Crippen molar-refractivity contribution < 1.29 is 41.0 Å². The molecule has 2 aliphatic rings. The predicted octanol–water partition coefficient (Wildman–Crippen LogP) is 3.69. The molecule has 0 spiro atoms. The Balaban J connectivity index is 1.78. The van der Waals surface area contributed by atoms with Crippen molar-refractivity contribution in [3.05, 3.63) is 52.9 Å². The van der Waals surface area contributed by atoms with Gasteiger partial charge in [0.1, 0.15) is 11.8 Å². The third-order valence-corrected chi connectivity index (χ3v) is 6.52. The van der Waals surface area contributed by atoms with Crippen LogP contribution in [-0.2, 0) is 16.1 Å². The number of hydrogen-bond acceptors (Lipinski definition) is 5. The van der Waals surface area contributed by atoms with Gasteiger partial charge in [0.05, 0.1) is 7.11 Å². The van der Waals surface area contributed by atoms with Gasteiger partial charge in [-0.15, -0.1) is 0 Å². The van der Waals surface area contributed by atoms with Gasteiger partial charge in [0.15, 0.2) is 17.2 Å². The molecule has 3 heterocycles. The van der Waals surface area contributed by atoms with Crippen LogP contribution in [0.25, 0.3) is 0 Å². The number of carbonyl (C=O) groups is 2. The molecule has 0 aliphatic carbocycles. The number of nitrogens with zero attached hydrogens (tertiary/aromatic N) is 1. The van der Waals surface area contributed by atoms with E-state index in [2.05, 4.69) is 15.6 Å². The number of fused-ring (bicyclic) bond motifs is 1. The zero-order chi connectivity index (χ0) is 25.0.